The molecule has 12 atom stereocenters. The molecule has 1 aromatic rings. The first-order valence-electron chi connectivity index (χ1n) is 27.3. The monoisotopic (exact) mass is 1200 g/mol. The number of primary amides is 1. The molecule has 84 heavy (non-hydrogen) atoms. The third kappa shape index (κ3) is 26.4. The second-order valence-corrected chi connectivity index (χ2v) is 20.4. The van der Waals surface area contributed by atoms with E-state index in [0.717, 1.165) is 12.2 Å². The molecule has 0 aromatic heterocycles. The van der Waals surface area contributed by atoms with Crippen molar-refractivity contribution in [2.45, 2.75) is 158 Å². The molecule has 0 radical (unpaired) electrons. The SMILES string of the molecule is CC(C)[C@H](NC(=O)CCC(=O)NCCCC[C@H](NC(=O)[C@H](CCCCN(C[C@H](O)[C@@H](O)[C@H](O)[C@H](O)CO)C[C@H](O)[C@@H](O)[C@H](O)[C@H](O)CO)NC(=O)CN1C(=O)C=CC1=O)C(=O)O)C(=O)N[C@@H](CCCNC(N)=O)C(=O)Nc1ccc(CO)cc1. The summed E-state index contributed by atoms with van der Waals surface area (Å²) in [5, 5.41) is 138. The van der Waals surface area contributed by atoms with Gasteiger partial charge in [-0.05, 0) is 81.5 Å². The fraction of sp³-hybridized carbons (Fsp3) is 0.654. The van der Waals surface area contributed by atoms with E-state index in [0.29, 0.717) is 16.2 Å². The second kappa shape index (κ2) is 38.2. The van der Waals surface area contributed by atoms with Gasteiger partial charge in [0, 0.05) is 56.9 Å². The number of nitrogens with two attached hydrogens (primary N) is 1. The number of carbonyl (C=O) groups excluding carboxylic acids is 9. The fourth-order valence-corrected chi connectivity index (χ4v) is 8.35. The number of nitrogens with one attached hydrogen (secondary N) is 7. The number of hydrogen-bond donors (Lipinski definition) is 20. The van der Waals surface area contributed by atoms with Crippen LogP contribution in [-0.4, -0.2) is 256 Å². The van der Waals surface area contributed by atoms with Crippen molar-refractivity contribution in [1.29, 1.82) is 0 Å². The van der Waals surface area contributed by atoms with Gasteiger partial charge in [-0.2, -0.15) is 0 Å². The van der Waals surface area contributed by atoms with E-state index >= 15 is 0 Å². The van der Waals surface area contributed by atoms with Gasteiger partial charge in [0.25, 0.3) is 11.8 Å². The Balaban J connectivity index is 2.06. The molecule has 0 saturated heterocycles. The number of rotatable bonds is 42. The number of carbonyl (C=O) groups is 10. The third-order valence-corrected chi connectivity index (χ3v) is 13.3. The number of aliphatic hydroxyl groups is 11. The van der Waals surface area contributed by atoms with Crippen LogP contribution in [0, 0.1) is 5.92 Å². The molecule has 32 nitrogen and oxygen atoms in total. The molecule has 2 rings (SSSR count). The lowest BCUT2D eigenvalue weighted by molar-refractivity contribution is -0.143. The summed E-state index contributed by atoms with van der Waals surface area (Å²) in [7, 11) is 0. The van der Waals surface area contributed by atoms with E-state index in [1.54, 1.807) is 38.1 Å². The normalized spacial score (nSPS) is 16.7. The Kier molecular flexibility index (Phi) is 33.3. The van der Waals surface area contributed by atoms with Gasteiger partial charge in [-0.15, -0.1) is 0 Å². The van der Waals surface area contributed by atoms with Gasteiger partial charge >= 0.3 is 12.0 Å². The lowest BCUT2D eigenvalue weighted by Gasteiger charge is -2.33. The van der Waals surface area contributed by atoms with Gasteiger partial charge in [-0.3, -0.25) is 48.2 Å². The molecule has 1 aliphatic heterocycles. The van der Waals surface area contributed by atoms with Crippen molar-refractivity contribution in [3.63, 3.8) is 0 Å². The van der Waals surface area contributed by atoms with Crippen LogP contribution in [0.3, 0.4) is 0 Å². The zero-order chi connectivity index (χ0) is 63.2. The van der Waals surface area contributed by atoms with Gasteiger partial charge in [0.2, 0.25) is 35.4 Å². The number of hydrogen-bond acceptors (Lipinski definition) is 22. The molecule has 21 N–H and O–H groups in total. The van der Waals surface area contributed by atoms with Gasteiger partial charge in [-0.25, -0.2) is 9.59 Å². The smallest absolute Gasteiger partial charge is 0.326 e. The number of carboxylic acid groups (broad SMARTS) is 1. The lowest BCUT2D eigenvalue weighted by atomic mass is 10.0. The molecule has 0 saturated carbocycles. The predicted octanol–water partition coefficient (Wildman–Crippen LogP) is -7.42. The van der Waals surface area contributed by atoms with Crippen LogP contribution >= 0.6 is 0 Å². The Hall–Kier alpha value is -6.82. The van der Waals surface area contributed by atoms with Crippen LogP contribution in [0.2, 0.25) is 0 Å². The molecule has 0 unspecified atom stereocenters. The minimum Gasteiger partial charge on any atom is -0.480 e. The Bertz CT molecular complexity index is 2290. The molecule has 1 aliphatic rings. The molecule has 0 aliphatic carbocycles. The van der Waals surface area contributed by atoms with Crippen molar-refractivity contribution in [2.24, 2.45) is 11.7 Å². The van der Waals surface area contributed by atoms with Crippen LogP contribution in [0.1, 0.15) is 83.6 Å². The number of urea groups is 1. The van der Waals surface area contributed by atoms with Crippen LogP contribution in [0.25, 0.3) is 0 Å². The van der Waals surface area contributed by atoms with Gasteiger partial charge in [0.1, 0.15) is 67.3 Å². The zero-order valence-corrected chi connectivity index (χ0v) is 46.8. The summed E-state index contributed by atoms with van der Waals surface area (Å²) >= 11 is 0. The van der Waals surface area contributed by atoms with E-state index in [9.17, 15) is 109 Å². The first kappa shape index (κ1) is 73.3. The molecule has 0 fully saturated rings. The number of imide groups is 1. The number of nitrogens with zero attached hydrogens (tertiary/aromatic N) is 2. The van der Waals surface area contributed by atoms with Crippen molar-refractivity contribution >= 4 is 64.9 Å². The number of aliphatic carboxylic acids is 1. The number of aliphatic hydroxyl groups excluding tert-OH is 11. The molecule has 0 bridgehead atoms. The van der Waals surface area contributed by atoms with Gasteiger partial charge in [0.15, 0.2) is 0 Å². The van der Waals surface area contributed by atoms with E-state index in [2.05, 4.69) is 37.2 Å². The van der Waals surface area contributed by atoms with E-state index in [1.807, 2.05) is 0 Å². The van der Waals surface area contributed by atoms with Crippen molar-refractivity contribution in [1.82, 2.24) is 41.7 Å². The summed E-state index contributed by atoms with van der Waals surface area (Å²) in [5.74, 6) is -8.16. The topological polar surface area (TPSA) is 530 Å². The Morgan fingerprint density at radius 1 is 0.560 bits per heavy atom. The number of benzene rings is 1. The second-order valence-electron chi connectivity index (χ2n) is 20.4. The average Bonchev–Trinajstić information content (AvgIpc) is 3.79. The largest absolute Gasteiger partial charge is 0.480 e. The highest BCUT2D eigenvalue weighted by atomic mass is 16.4. The van der Waals surface area contributed by atoms with Crippen LogP contribution in [0.15, 0.2) is 36.4 Å². The Labute approximate surface area is 483 Å². The van der Waals surface area contributed by atoms with Crippen LogP contribution in [0.4, 0.5) is 10.5 Å². The van der Waals surface area contributed by atoms with E-state index in [1.165, 1.54) is 4.90 Å². The maximum absolute atomic E-state index is 13.7. The lowest BCUT2D eigenvalue weighted by Crippen LogP contribution is -2.54. The van der Waals surface area contributed by atoms with E-state index in [4.69, 9.17) is 5.73 Å². The molecule has 474 valence electrons. The fourth-order valence-electron chi connectivity index (χ4n) is 8.35. The summed E-state index contributed by atoms with van der Waals surface area (Å²) in [6.45, 7) is -1.01. The molecule has 10 amide bonds. The Morgan fingerprint density at radius 3 is 1.57 bits per heavy atom. The summed E-state index contributed by atoms with van der Waals surface area (Å²) in [6, 6.07) is 0.177. The zero-order valence-electron chi connectivity index (χ0n) is 46.8. The first-order chi connectivity index (χ1) is 39.6. The Morgan fingerprint density at radius 2 is 1.05 bits per heavy atom. The van der Waals surface area contributed by atoms with E-state index in [-0.39, 0.29) is 90.4 Å². The molecule has 1 heterocycles. The minimum absolute atomic E-state index is 0.00260. The summed E-state index contributed by atoms with van der Waals surface area (Å²) in [6.07, 6.45) is -14.5. The highest BCUT2D eigenvalue weighted by Gasteiger charge is 2.36. The third-order valence-electron chi connectivity index (χ3n) is 13.3. The van der Waals surface area contributed by atoms with Gasteiger partial charge in [-0.1, -0.05) is 26.0 Å². The standard InChI is InChI=1S/C52H84N10O22/c1-28(2)43(50(81)58-32(10-7-20-55-52(53)84)48(79)56-30-13-11-29(25-63)12-14-30)60-39(71)16-15-38(70)54-19-5-3-9-33(51(82)83)59-49(80)31(57-40(72)24-62-41(73)17-18-42(62)74)8-4-6-21-61(22-34(66)44(75)46(77)36(68)26-64)23-35(67)45(76)47(78)37(69)27-65/h11-14,17-18,28,31-37,43-47,63-69,75-78H,3-10,15-16,19-27H2,1-2H3,(H,54,70)(H,56,79)(H,57,72)(H,58,81)(H,59,80)(H,60,71)(H,82,83)(H3,53,55,84)/t31-,32-,33-,34-,35-,36+,37+,43-,44+,45+,46+,47+/m0/s1. The van der Waals surface area contributed by atoms with E-state index < -0.39 is 171 Å². The van der Waals surface area contributed by atoms with Crippen molar-refractivity contribution in [3.8, 4) is 0 Å². The van der Waals surface area contributed by atoms with Crippen molar-refractivity contribution in [3.05, 3.63) is 42.0 Å². The van der Waals surface area contributed by atoms with Crippen LogP contribution in [0.5, 0.6) is 0 Å². The summed E-state index contributed by atoms with van der Waals surface area (Å²) < 4.78 is 0. The first-order valence-corrected chi connectivity index (χ1v) is 27.3. The number of carboxylic acids is 1. The molecule has 1 aromatic carbocycles. The summed E-state index contributed by atoms with van der Waals surface area (Å²) in [5.41, 5.74) is 6.11. The predicted molar refractivity (Wildman–Crippen MR) is 292 cm³/mol. The molecule has 32 heteroatoms. The summed E-state index contributed by atoms with van der Waals surface area (Å²) in [4.78, 5) is 129. The van der Waals surface area contributed by atoms with Crippen LogP contribution in [-0.2, 0) is 49.8 Å². The average molecular weight is 1200 g/mol. The van der Waals surface area contributed by atoms with Crippen LogP contribution < -0.4 is 43.0 Å². The molecular weight excluding hydrogens is 1120 g/mol. The van der Waals surface area contributed by atoms with Crippen molar-refractivity contribution in [2.75, 3.05) is 57.8 Å². The van der Waals surface area contributed by atoms with Crippen molar-refractivity contribution < 1.29 is 109 Å². The highest BCUT2D eigenvalue weighted by molar-refractivity contribution is 6.14. The van der Waals surface area contributed by atoms with Gasteiger partial charge < -0.3 is 104 Å². The maximum atomic E-state index is 13.7. The quantitative estimate of drug-likeness (QED) is 0.0214. The maximum Gasteiger partial charge on any atom is 0.326 e. The molecule has 0 spiro atoms. The highest BCUT2D eigenvalue weighted by Crippen LogP contribution is 2.16. The van der Waals surface area contributed by atoms with Gasteiger partial charge in [0.05, 0.1) is 32.0 Å². The number of amides is 10. The number of unbranched alkanes of at least 4 members (excludes halogenated alkanes) is 2. The minimum atomic E-state index is -2.07. The number of anilines is 1. The molecular formula is C52H84N10O22.